The number of hydrogen-bond donors (Lipinski definition) is 1. The molecule has 1 N–H and O–H groups in total. The van der Waals surface area contributed by atoms with Gasteiger partial charge in [0.1, 0.15) is 0 Å². The summed E-state index contributed by atoms with van der Waals surface area (Å²) in [4.78, 5) is 9.01. The Kier molecular flexibility index (Phi) is 23.2. The molecular formula is C2H3NaO3Zr. The molecule has 5 heteroatoms. The first kappa shape index (κ1) is 15.7. The van der Waals surface area contributed by atoms with E-state index in [9.17, 15) is 0 Å². The fourth-order valence-corrected chi connectivity index (χ4v) is 0. The number of carboxylic acids is 1. The van der Waals surface area contributed by atoms with Crippen LogP contribution in [0.3, 0.4) is 0 Å². The molecule has 0 amide bonds. The quantitative estimate of drug-likeness (QED) is 0.419. The average Bonchev–Trinajstić information content (AvgIpc) is 1.38. The maximum Gasteiger partial charge on any atom is 1.00 e. The van der Waals surface area contributed by atoms with E-state index >= 15 is 0 Å². The Bertz CT molecular complexity index is 48.2. The summed E-state index contributed by atoms with van der Waals surface area (Å²) in [5.41, 5.74) is 0. The van der Waals surface area contributed by atoms with Crippen LogP contribution in [0.5, 0.6) is 0 Å². The summed E-state index contributed by atoms with van der Waals surface area (Å²) < 4.78 is 0. The van der Waals surface area contributed by atoms with E-state index in [-0.39, 0.29) is 55.8 Å². The van der Waals surface area contributed by atoms with E-state index in [2.05, 4.69) is 0 Å². The summed E-state index contributed by atoms with van der Waals surface area (Å²) in [6.07, 6.45) is 0. The minimum atomic E-state index is -1.44. The summed E-state index contributed by atoms with van der Waals surface area (Å²) in [6.45, 7) is -0.889. The van der Waals surface area contributed by atoms with E-state index < -0.39 is 12.6 Å². The smallest absolute Gasteiger partial charge is 0.548 e. The van der Waals surface area contributed by atoms with Crippen LogP contribution < -0.4 is 34.7 Å². The molecule has 7 heavy (non-hydrogen) atoms. The molecule has 0 spiro atoms. The average molecular weight is 189 g/mol. The summed E-state index contributed by atoms with van der Waals surface area (Å²) in [6, 6.07) is 0. The molecule has 0 aliphatic rings. The molecule has 0 aliphatic carbocycles. The molecule has 34 valence electrons. The van der Waals surface area contributed by atoms with Gasteiger partial charge in [-0.1, -0.05) is 0 Å². The second kappa shape index (κ2) is 10.3. The van der Waals surface area contributed by atoms with Gasteiger partial charge in [-0.3, -0.25) is 0 Å². The Hall–Kier alpha value is 1.31. The molecular weight excluding hydrogens is 186 g/mol. The normalized spacial score (nSPS) is 5.29. The molecule has 0 radical (unpaired) electrons. The molecule has 0 saturated carbocycles. The first-order chi connectivity index (χ1) is 2.27. The van der Waals surface area contributed by atoms with Crippen molar-refractivity contribution in [2.45, 2.75) is 0 Å². The summed E-state index contributed by atoms with van der Waals surface area (Å²) in [7, 11) is 0. The minimum absolute atomic E-state index is 0. The van der Waals surface area contributed by atoms with Gasteiger partial charge in [0.05, 0.1) is 12.6 Å². The number of aliphatic hydroxyl groups is 1. The molecule has 0 atom stereocenters. The molecule has 0 fully saturated rings. The monoisotopic (exact) mass is 188 g/mol. The molecule has 0 bridgehead atoms. The topological polar surface area (TPSA) is 60.4 Å². The Labute approximate surface area is 82.5 Å². The van der Waals surface area contributed by atoms with Gasteiger partial charge in [-0.15, -0.1) is 0 Å². The molecule has 0 unspecified atom stereocenters. The van der Waals surface area contributed by atoms with Crippen LogP contribution in [0, 0.1) is 0 Å². The van der Waals surface area contributed by atoms with Gasteiger partial charge in [0.2, 0.25) is 0 Å². The summed E-state index contributed by atoms with van der Waals surface area (Å²) >= 11 is 0. The van der Waals surface area contributed by atoms with E-state index in [0.717, 1.165) is 0 Å². The van der Waals surface area contributed by atoms with Crippen molar-refractivity contribution in [1.29, 1.82) is 0 Å². The first-order valence-corrected chi connectivity index (χ1v) is 1.08. The van der Waals surface area contributed by atoms with Crippen LogP contribution in [-0.4, -0.2) is 17.7 Å². The number of aliphatic carboxylic acids is 1. The molecule has 0 aromatic rings. The van der Waals surface area contributed by atoms with E-state index in [1.54, 1.807) is 0 Å². The maximum absolute atomic E-state index is 9.01. The SMILES string of the molecule is O=C([O-])CO.[Na+].[Zr]. The van der Waals surface area contributed by atoms with Crippen molar-refractivity contribution in [1.82, 2.24) is 0 Å². The number of carboxylic acid groups (broad SMARTS) is 1. The minimum Gasteiger partial charge on any atom is -0.548 e. The summed E-state index contributed by atoms with van der Waals surface area (Å²) in [5.74, 6) is -1.44. The fraction of sp³-hybridized carbons (Fsp3) is 0.500. The van der Waals surface area contributed by atoms with Crippen molar-refractivity contribution in [3.8, 4) is 0 Å². The van der Waals surface area contributed by atoms with E-state index in [1.165, 1.54) is 0 Å². The van der Waals surface area contributed by atoms with Crippen molar-refractivity contribution >= 4 is 5.97 Å². The predicted octanol–water partition coefficient (Wildman–Crippen LogP) is -5.27. The first-order valence-electron chi connectivity index (χ1n) is 1.08. The molecule has 0 aliphatic heterocycles. The van der Waals surface area contributed by atoms with Crippen LogP contribution in [0.15, 0.2) is 0 Å². The third-order valence-electron chi connectivity index (χ3n) is 0.129. The number of aliphatic hydroxyl groups excluding tert-OH is 1. The molecule has 0 rings (SSSR count). The van der Waals surface area contributed by atoms with Gasteiger partial charge < -0.3 is 15.0 Å². The van der Waals surface area contributed by atoms with Crippen molar-refractivity contribution in [3.63, 3.8) is 0 Å². The van der Waals surface area contributed by atoms with Gasteiger partial charge in [-0.2, -0.15) is 0 Å². The molecule has 0 aromatic heterocycles. The fourth-order valence-electron chi connectivity index (χ4n) is 0. The second-order valence-electron chi connectivity index (χ2n) is 0.530. The molecule has 3 nitrogen and oxygen atoms in total. The number of rotatable bonds is 1. The van der Waals surface area contributed by atoms with Crippen LogP contribution in [0.4, 0.5) is 0 Å². The van der Waals surface area contributed by atoms with Gasteiger partial charge in [0.25, 0.3) is 0 Å². The van der Waals surface area contributed by atoms with Crippen molar-refractivity contribution < 1.29 is 70.8 Å². The molecule has 0 heterocycles. The number of carbonyl (C=O) groups is 1. The maximum atomic E-state index is 9.01. The van der Waals surface area contributed by atoms with Crippen LogP contribution in [0.1, 0.15) is 0 Å². The third-order valence-corrected chi connectivity index (χ3v) is 0.129. The van der Waals surface area contributed by atoms with Gasteiger partial charge in [-0.25, -0.2) is 0 Å². The zero-order chi connectivity index (χ0) is 4.28. The second-order valence-corrected chi connectivity index (χ2v) is 0.530. The standard InChI is InChI=1S/C2H4O3.Na.Zr/c3-1-2(4)5;;/h3H,1H2,(H,4,5);;/q;+1;/p-1. The number of carbonyl (C=O) groups excluding carboxylic acids is 1. The molecule has 0 aromatic carbocycles. The van der Waals surface area contributed by atoms with Gasteiger partial charge >= 0.3 is 29.6 Å². The zero-order valence-electron chi connectivity index (χ0n) is 3.97. The predicted molar refractivity (Wildman–Crippen MR) is 12.1 cm³/mol. The van der Waals surface area contributed by atoms with Gasteiger partial charge in [-0.05, 0) is 0 Å². The Balaban J connectivity index is -0.0000000800. The van der Waals surface area contributed by atoms with Gasteiger partial charge in [0.15, 0.2) is 0 Å². The zero-order valence-corrected chi connectivity index (χ0v) is 8.43. The van der Waals surface area contributed by atoms with Crippen LogP contribution in [0.25, 0.3) is 0 Å². The Morgan fingerprint density at radius 3 is 1.86 bits per heavy atom. The van der Waals surface area contributed by atoms with Gasteiger partial charge in [0, 0.05) is 26.2 Å². The largest absolute Gasteiger partial charge is 1.00 e. The van der Waals surface area contributed by atoms with Crippen molar-refractivity contribution in [2.24, 2.45) is 0 Å². The van der Waals surface area contributed by atoms with Crippen LogP contribution in [0.2, 0.25) is 0 Å². The van der Waals surface area contributed by atoms with E-state index in [0.29, 0.717) is 0 Å². The van der Waals surface area contributed by atoms with E-state index in [1.807, 2.05) is 0 Å². The van der Waals surface area contributed by atoms with E-state index in [4.69, 9.17) is 15.0 Å². The molecule has 0 saturated heterocycles. The Morgan fingerprint density at radius 2 is 1.86 bits per heavy atom. The van der Waals surface area contributed by atoms with Crippen molar-refractivity contribution in [3.05, 3.63) is 0 Å². The van der Waals surface area contributed by atoms with Crippen molar-refractivity contribution in [2.75, 3.05) is 6.61 Å². The Morgan fingerprint density at radius 1 is 1.71 bits per heavy atom. The third kappa shape index (κ3) is 18.8. The summed E-state index contributed by atoms with van der Waals surface area (Å²) in [5, 5.41) is 16.5. The number of hydrogen-bond acceptors (Lipinski definition) is 3. The van der Waals surface area contributed by atoms with Crippen LogP contribution in [-0.2, 0) is 31.0 Å². The van der Waals surface area contributed by atoms with Crippen LogP contribution >= 0.6 is 0 Å².